The first-order chi connectivity index (χ1) is 20.9. The molecule has 4 aromatic rings. The second-order valence-corrected chi connectivity index (χ2v) is 11.7. The van der Waals surface area contributed by atoms with Crippen LogP contribution in [0.5, 0.6) is 5.75 Å². The summed E-state index contributed by atoms with van der Waals surface area (Å²) in [4.78, 5) is 16.6. The number of ether oxygens (including phenoxy) is 1. The highest BCUT2D eigenvalue weighted by Crippen LogP contribution is 2.45. The Morgan fingerprint density at radius 1 is 1.14 bits per heavy atom. The fraction of sp³-hybridized carbons (Fsp3) is 0.344. The molecule has 0 unspecified atom stereocenters. The zero-order chi connectivity index (χ0) is 31.2. The van der Waals surface area contributed by atoms with Crippen LogP contribution in [-0.4, -0.2) is 39.4 Å². The molecule has 0 atom stereocenters. The number of hydrogen-bond donors (Lipinski definition) is 2. The molecule has 1 aliphatic carbocycles. The van der Waals surface area contributed by atoms with Gasteiger partial charge in [-0.3, -0.25) is 0 Å². The number of carboxylic acids is 1. The lowest BCUT2D eigenvalue weighted by atomic mass is 9.84. The monoisotopic (exact) mass is 627 g/mol. The molecular formula is C32H29ClF3N3O5. The van der Waals surface area contributed by atoms with E-state index in [1.165, 1.54) is 4.90 Å². The van der Waals surface area contributed by atoms with Gasteiger partial charge in [0.05, 0.1) is 21.8 Å². The second-order valence-electron chi connectivity index (χ2n) is 11.3. The minimum atomic E-state index is -4.80. The number of carboxylic acid groups (broad SMARTS) is 1. The number of aromatic carboxylic acids is 1. The average Bonchev–Trinajstić information content (AvgIpc) is 3.75. The van der Waals surface area contributed by atoms with E-state index in [4.69, 9.17) is 20.9 Å². The van der Waals surface area contributed by atoms with Crippen LogP contribution >= 0.6 is 11.6 Å². The minimum absolute atomic E-state index is 0.113. The SMILES string of the molecule is Cc1ccccc1-c1noc(C2CC2)c1COc1ccc(C2(O)CCN(c3cc(C(=O)O)cc(C(F)(F)F)n3)CC2)c(Cl)c1. The smallest absolute Gasteiger partial charge is 0.433 e. The Balaban J connectivity index is 1.17. The molecule has 1 aliphatic heterocycles. The lowest BCUT2D eigenvalue weighted by Crippen LogP contribution is -2.43. The van der Waals surface area contributed by atoms with Crippen LogP contribution in [0.2, 0.25) is 5.02 Å². The number of aryl methyl sites for hydroxylation is 1. The number of benzene rings is 2. The fourth-order valence-corrected chi connectivity index (χ4v) is 5.96. The Bertz CT molecular complexity index is 1710. The molecule has 0 radical (unpaired) electrons. The molecule has 230 valence electrons. The third-order valence-corrected chi connectivity index (χ3v) is 8.57. The fourth-order valence-electron chi connectivity index (χ4n) is 5.62. The van der Waals surface area contributed by atoms with Crippen LogP contribution in [0.25, 0.3) is 11.3 Å². The molecule has 2 aromatic carbocycles. The van der Waals surface area contributed by atoms with Gasteiger partial charge in [0.1, 0.15) is 35.3 Å². The van der Waals surface area contributed by atoms with Crippen LogP contribution < -0.4 is 9.64 Å². The van der Waals surface area contributed by atoms with Crippen LogP contribution in [-0.2, 0) is 18.4 Å². The summed E-state index contributed by atoms with van der Waals surface area (Å²) in [6, 6.07) is 14.6. The van der Waals surface area contributed by atoms with Gasteiger partial charge in [0, 0.05) is 30.1 Å². The van der Waals surface area contributed by atoms with Crippen molar-refractivity contribution in [2.24, 2.45) is 0 Å². The molecule has 2 aliphatic rings. The highest BCUT2D eigenvalue weighted by atomic mass is 35.5. The van der Waals surface area contributed by atoms with Crippen molar-refractivity contribution in [3.8, 4) is 17.0 Å². The van der Waals surface area contributed by atoms with Gasteiger partial charge in [0.2, 0.25) is 0 Å². The molecule has 0 amide bonds. The second kappa shape index (κ2) is 11.4. The number of pyridine rings is 1. The van der Waals surface area contributed by atoms with Crippen molar-refractivity contribution in [1.29, 1.82) is 0 Å². The average molecular weight is 628 g/mol. The molecular weight excluding hydrogens is 599 g/mol. The molecule has 0 spiro atoms. The number of anilines is 1. The molecule has 12 heteroatoms. The van der Waals surface area contributed by atoms with Gasteiger partial charge < -0.3 is 24.4 Å². The van der Waals surface area contributed by atoms with Gasteiger partial charge in [-0.05, 0) is 62.4 Å². The molecule has 1 saturated heterocycles. The number of hydrogen-bond acceptors (Lipinski definition) is 7. The first-order valence-electron chi connectivity index (χ1n) is 14.2. The van der Waals surface area contributed by atoms with Gasteiger partial charge in [-0.1, -0.05) is 47.1 Å². The van der Waals surface area contributed by atoms with E-state index < -0.39 is 29.0 Å². The lowest BCUT2D eigenvalue weighted by Gasteiger charge is -2.39. The van der Waals surface area contributed by atoms with Crippen molar-refractivity contribution in [3.05, 3.63) is 93.3 Å². The van der Waals surface area contributed by atoms with E-state index in [1.54, 1.807) is 18.2 Å². The third kappa shape index (κ3) is 5.98. The number of nitrogens with zero attached hydrogens (tertiary/aromatic N) is 3. The van der Waals surface area contributed by atoms with Crippen molar-refractivity contribution in [2.75, 3.05) is 18.0 Å². The van der Waals surface area contributed by atoms with Crippen molar-refractivity contribution >= 4 is 23.4 Å². The van der Waals surface area contributed by atoms with Crippen molar-refractivity contribution in [1.82, 2.24) is 10.1 Å². The molecule has 0 bridgehead atoms. The summed E-state index contributed by atoms with van der Waals surface area (Å²) in [6.07, 6.45) is -2.45. The zero-order valence-corrected chi connectivity index (χ0v) is 24.5. The predicted octanol–water partition coefficient (Wildman–Crippen LogP) is 7.36. The highest BCUT2D eigenvalue weighted by Gasteiger charge is 2.38. The summed E-state index contributed by atoms with van der Waals surface area (Å²) in [5, 5.41) is 25.5. The quantitative estimate of drug-likeness (QED) is 0.209. The van der Waals surface area contributed by atoms with Gasteiger partial charge >= 0.3 is 12.1 Å². The highest BCUT2D eigenvalue weighted by molar-refractivity contribution is 6.31. The van der Waals surface area contributed by atoms with Gasteiger partial charge in [0.15, 0.2) is 0 Å². The molecule has 2 aromatic heterocycles. The summed E-state index contributed by atoms with van der Waals surface area (Å²) < 4.78 is 52.0. The Hall–Kier alpha value is -4.09. The number of alkyl halides is 3. The summed E-state index contributed by atoms with van der Waals surface area (Å²) in [5.41, 5.74) is 1.01. The maximum Gasteiger partial charge on any atom is 0.433 e. The summed E-state index contributed by atoms with van der Waals surface area (Å²) in [6.45, 7) is 2.51. The van der Waals surface area contributed by atoms with Crippen LogP contribution in [0.3, 0.4) is 0 Å². The third-order valence-electron chi connectivity index (χ3n) is 8.26. The van der Waals surface area contributed by atoms with E-state index >= 15 is 0 Å². The Morgan fingerprint density at radius 3 is 2.50 bits per heavy atom. The summed E-state index contributed by atoms with van der Waals surface area (Å²) in [7, 11) is 0. The molecule has 1 saturated carbocycles. The molecule has 44 heavy (non-hydrogen) atoms. The number of halogens is 4. The van der Waals surface area contributed by atoms with Crippen LogP contribution in [0.4, 0.5) is 19.0 Å². The minimum Gasteiger partial charge on any atom is -0.489 e. The van der Waals surface area contributed by atoms with Crippen molar-refractivity contribution < 1.29 is 37.4 Å². The van der Waals surface area contributed by atoms with Gasteiger partial charge in [0.25, 0.3) is 0 Å². The summed E-state index contributed by atoms with van der Waals surface area (Å²) >= 11 is 6.65. The van der Waals surface area contributed by atoms with Crippen molar-refractivity contribution in [2.45, 2.75) is 56.9 Å². The van der Waals surface area contributed by atoms with E-state index in [0.29, 0.717) is 23.3 Å². The van der Waals surface area contributed by atoms with E-state index in [2.05, 4.69) is 10.1 Å². The van der Waals surface area contributed by atoms with E-state index in [9.17, 15) is 28.2 Å². The number of piperidine rings is 1. The lowest BCUT2D eigenvalue weighted by molar-refractivity contribution is -0.141. The zero-order valence-electron chi connectivity index (χ0n) is 23.7. The van der Waals surface area contributed by atoms with E-state index in [0.717, 1.165) is 47.1 Å². The van der Waals surface area contributed by atoms with Gasteiger partial charge in [-0.25, -0.2) is 9.78 Å². The Labute approximate surface area is 256 Å². The van der Waals surface area contributed by atoms with E-state index in [1.807, 2.05) is 31.2 Å². The van der Waals surface area contributed by atoms with Crippen LogP contribution in [0, 0.1) is 6.92 Å². The predicted molar refractivity (Wildman–Crippen MR) is 156 cm³/mol. The first-order valence-corrected chi connectivity index (χ1v) is 14.6. The molecule has 6 rings (SSSR count). The largest absolute Gasteiger partial charge is 0.489 e. The maximum atomic E-state index is 13.4. The number of carbonyl (C=O) groups is 1. The molecule has 2 fully saturated rings. The van der Waals surface area contributed by atoms with Gasteiger partial charge in [-0.2, -0.15) is 13.2 Å². The number of aromatic nitrogens is 2. The normalized spacial score (nSPS) is 16.6. The topological polar surface area (TPSA) is 109 Å². The first kappa shape index (κ1) is 30.0. The van der Waals surface area contributed by atoms with Crippen molar-refractivity contribution in [3.63, 3.8) is 0 Å². The van der Waals surface area contributed by atoms with E-state index in [-0.39, 0.29) is 43.4 Å². The molecule has 3 heterocycles. The number of aliphatic hydroxyl groups is 1. The Kier molecular flexibility index (Phi) is 7.79. The standard InChI is InChI=1S/C32H29ClF3N3O5/c1-18-4-2-3-5-22(18)28-23(29(44-38-28)19-6-7-19)17-43-21-8-9-24(25(33)16-21)31(42)10-12-39(13-11-31)27-15-20(30(40)41)14-26(37-27)32(34,35)36/h2-5,8-9,14-16,19,42H,6-7,10-13,17H2,1H3,(H,40,41). The van der Waals surface area contributed by atoms with Crippen LogP contribution in [0.1, 0.15) is 70.1 Å². The number of rotatable bonds is 8. The maximum absolute atomic E-state index is 13.4. The molecule has 8 nitrogen and oxygen atoms in total. The summed E-state index contributed by atoms with van der Waals surface area (Å²) in [5.74, 6) is 0.0526. The molecule has 2 N–H and O–H groups in total. The van der Waals surface area contributed by atoms with Crippen LogP contribution in [0.15, 0.2) is 59.1 Å². The van der Waals surface area contributed by atoms with Gasteiger partial charge in [-0.15, -0.1) is 0 Å². The Morgan fingerprint density at radius 2 is 1.86 bits per heavy atom.